The predicted molar refractivity (Wildman–Crippen MR) is 116 cm³/mol. The number of hydrogen-bond donors (Lipinski definition) is 4. The van der Waals surface area contributed by atoms with Gasteiger partial charge in [-0.1, -0.05) is 0 Å². The SMILES string of the molecule is C/C(=C/C(=N)C(=O)Nc1ccc(OCCN)c(-c2ccnn2C)c1)NC(C)(C)C. The highest BCUT2D eigenvalue weighted by Gasteiger charge is 2.15. The molecule has 0 atom stereocenters. The van der Waals surface area contributed by atoms with E-state index in [2.05, 4.69) is 15.7 Å². The molecule has 0 saturated heterocycles. The Balaban J connectivity index is 2.22. The number of benzene rings is 1. The molecule has 29 heavy (non-hydrogen) atoms. The van der Waals surface area contributed by atoms with Crippen molar-refractivity contribution in [1.29, 1.82) is 5.41 Å². The zero-order valence-corrected chi connectivity index (χ0v) is 17.7. The Morgan fingerprint density at radius 3 is 2.66 bits per heavy atom. The van der Waals surface area contributed by atoms with Crippen LogP contribution in [0.2, 0.25) is 0 Å². The first-order valence-corrected chi connectivity index (χ1v) is 9.42. The van der Waals surface area contributed by atoms with Crippen molar-refractivity contribution >= 4 is 17.3 Å². The second kappa shape index (κ2) is 9.38. The fourth-order valence-electron chi connectivity index (χ4n) is 2.85. The first kappa shape index (κ1) is 22.2. The summed E-state index contributed by atoms with van der Waals surface area (Å²) in [7, 11) is 1.83. The van der Waals surface area contributed by atoms with Gasteiger partial charge in [0.05, 0.1) is 5.69 Å². The van der Waals surface area contributed by atoms with Gasteiger partial charge in [0.25, 0.3) is 5.91 Å². The number of nitrogens with zero attached hydrogens (tertiary/aromatic N) is 2. The van der Waals surface area contributed by atoms with Gasteiger partial charge in [0.2, 0.25) is 0 Å². The minimum absolute atomic E-state index is 0.134. The average molecular weight is 399 g/mol. The van der Waals surface area contributed by atoms with Crippen LogP contribution in [0.5, 0.6) is 5.75 Å². The highest BCUT2D eigenvalue weighted by Crippen LogP contribution is 2.32. The van der Waals surface area contributed by atoms with Gasteiger partial charge in [-0.15, -0.1) is 0 Å². The number of aromatic nitrogens is 2. The molecule has 1 aromatic heterocycles. The number of allylic oxidation sites excluding steroid dienone is 1. The maximum absolute atomic E-state index is 12.5. The van der Waals surface area contributed by atoms with Crippen LogP contribution in [-0.2, 0) is 11.8 Å². The van der Waals surface area contributed by atoms with E-state index in [1.165, 1.54) is 6.08 Å². The van der Waals surface area contributed by atoms with E-state index in [4.69, 9.17) is 15.9 Å². The third kappa shape index (κ3) is 6.46. The van der Waals surface area contributed by atoms with Crippen LogP contribution in [0.3, 0.4) is 0 Å². The summed E-state index contributed by atoms with van der Waals surface area (Å²) in [5.74, 6) is 0.156. The Kier molecular flexibility index (Phi) is 7.17. The minimum Gasteiger partial charge on any atom is -0.492 e. The summed E-state index contributed by atoms with van der Waals surface area (Å²) in [6.07, 6.45) is 3.21. The Morgan fingerprint density at radius 2 is 2.07 bits per heavy atom. The zero-order chi connectivity index (χ0) is 21.6. The van der Waals surface area contributed by atoms with Gasteiger partial charge in [0, 0.05) is 42.3 Å². The number of amides is 1. The van der Waals surface area contributed by atoms with E-state index in [-0.39, 0.29) is 11.3 Å². The fraction of sp³-hybridized carbons (Fsp3) is 0.381. The van der Waals surface area contributed by atoms with Crippen molar-refractivity contribution in [2.24, 2.45) is 12.8 Å². The van der Waals surface area contributed by atoms with Crippen molar-refractivity contribution in [3.8, 4) is 17.0 Å². The van der Waals surface area contributed by atoms with Crippen LogP contribution in [0.15, 0.2) is 42.2 Å². The summed E-state index contributed by atoms with van der Waals surface area (Å²) in [6.45, 7) is 8.66. The van der Waals surface area contributed by atoms with E-state index in [9.17, 15) is 4.79 Å². The number of ether oxygens (including phenoxy) is 1. The third-order valence-corrected chi connectivity index (χ3v) is 3.89. The number of anilines is 1. The van der Waals surface area contributed by atoms with Crippen molar-refractivity contribution < 1.29 is 9.53 Å². The first-order valence-electron chi connectivity index (χ1n) is 9.42. The molecule has 0 fully saturated rings. The van der Waals surface area contributed by atoms with Crippen LogP contribution in [0, 0.1) is 5.41 Å². The van der Waals surface area contributed by atoms with Gasteiger partial charge in [-0.05, 0) is 58.0 Å². The summed E-state index contributed by atoms with van der Waals surface area (Å²) < 4.78 is 7.46. The summed E-state index contributed by atoms with van der Waals surface area (Å²) in [5, 5.41) is 18.3. The number of nitrogens with one attached hydrogen (secondary N) is 3. The Morgan fingerprint density at radius 1 is 1.34 bits per heavy atom. The molecule has 5 N–H and O–H groups in total. The van der Waals surface area contributed by atoms with Crippen molar-refractivity contribution in [3.63, 3.8) is 0 Å². The number of hydrogen-bond acceptors (Lipinski definition) is 6. The van der Waals surface area contributed by atoms with Crippen LogP contribution < -0.4 is 21.1 Å². The maximum Gasteiger partial charge on any atom is 0.273 e. The molecule has 0 saturated carbocycles. The van der Waals surface area contributed by atoms with Crippen molar-refractivity contribution in [3.05, 3.63) is 42.2 Å². The van der Waals surface area contributed by atoms with Gasteiger partial charge >= 0.3 is 0 Å². The molecule has 0 bridgehead atoms. The molecule has 156 valence electrons. The van der Waals surface area contributed by atoms with Gasteiger partial charge in [-0.2, -0.15) is 5.10 Å². The highest BCUT2D eigenvalue weighted by atomic mass is 16.5. The fourth-order valence-corrected chi connectivity index (χ4v) is 2.85. The Hall–Kier alpha value is -3.13. The molecule has 8 heteroatoms. The van der Waals surface area contributed by atoms with E-state index >= 15 is 0 Å². The quantitative estimate of drug-likeness (QED) is 0.510. The van der Waals surface area contributed by atoms with Gasteiger partial charge in [0.1, 0.15) is 18.1 Å². The van der Waals surface area contributed by atoms with Gasteiger partial charge < -0.3 is 21.1 Å². The molecule has 8 nitrogen and oxygen atoms in total. The summed E-state index contributed by atoms with van der Waals surface area (Å²) in [4.78, 5) is 12.5. The van der Waals surface area contributed by atoms with E-state index in [0.29, 0.717) is 24.6 Å². The molecule has 0 radical (unpaired) electrons. The van der Waals surface area contributed by atoms with Crippen LogP contribution in [0.1, 0.15) is 27.7 Å². The third-order valence-electron chi connectivity index (χ3n) is 3.89. The molecule has 1 amide bonds. The molecule has 0 aliphatic heterocycles. The molecule has 0 spiro atoms. The second-order valence-electron chi connectivity index (χ2n) is 7.76. The highest BCUT2D eigenvalue weighted by molar-refractivity contribution is 6.46. The summed E-state index contributed by atoms with van der Waals surface area (Å²) in [5.41, 5.74) is 8.20. The van der Waals surface area contributed by atoms with Crippen molar-refractivity contribution in [2.75, 3.05) is 18.5 Å². The lowest BCUT2D eigenvalue weighted by molar-refractivity contribution is -0.110. The molecule has 0 unspecified atom stereocenters. The number of rotatable bonds is 8. The average Bonchev–Trinajstić information content (AvgIpc) is 3.04. The van der Waals surface area contributed by atoms with E-state index in [0.717, 1.165) is 17.0 Å². The number of carbonyl (C=O) groups is 1. The molecule has 1 aromatic carbocycles. The Labute approximate surface area is 171 Å². The minimum atomic E-state index is -0.494. The summed E-state index contributed by atoms with van der Waals surface area (Å²) >= 11 is 0. The number of nitrogens with two attached hydrogens (primary N) is 1. The predicted octanol–water partition coefficient (Wildman–Crippen LogP) is 2.67. The lowest BCUT2D eigenvalue weighted by Crippen LogP contribution is -2.34. The lowest BCUT2D eigenvalue weighted by Gasteiger charge is -2.22. The van der Waals surface area contributed by atoms with Crippen molar-refractivity contribution in [1.82, 2.24) is 15.1 Å². The second-order valence-corrected chi connectivity index (χ2v) is 7.76. The molecule has 2 rings (SSSR count). The van der Waals surface area contributed by atoms with Crippen molar-refractivity contribution in [2.45, 2.75) is 33.2 Å². The van der Waals surface area contributed by atoms with E-state index in [1.54, 1.807) is 29.1 Å². The van der Waals surface area contributed by atoms with E-state index in [1.807, 2.05) is 40.8 Å². The molecular formula is C21H30N6O2. The molecule has 2 aromatic rings. The number of carbonyl (C=O) groups excluding carboxylic acids is 1. The maximum atomic E-state index is 12.5. The summed E-state index contributed by atoms with van der Waals surface area (Å²) in [6, 6.07) is 7.18. The smallest absolute Gasteiger partial charge is 0.273 e. The van der Waals surface area contributed by atoms with Gasteiger partial charge in [-0.25, -0.2) is 0 Å². The van der Waals surface area contributed by atoms with Crippen LogP contribution >= 0.6 is 0 Å². The molecule has 0 aliphatic rings. The van der Waals surface area contributed by atoms with Gasteiger partial charge in [-0.3, -0.25) is 14.9 Å². The van der Waals surface area contributed by atoms with Crippen LogP contribution in [0.4, 0.5) is 5.69 Å². The topological polar surface area (TPSA) is 118 Å². The Bertz CT molecular complexity index is 908. The molecular weight excluding hydrogens is 368 g/mol. The first-order chi connectivity index (χ1) is 13.6. The van der Waals surface area contributed by atoms with Gasteiger partial charge in [0.15, 0.2) is 0 Å². The van der Waals surface area contributed by atoms with Crippen LogP contribution in [-0.4, -0.2) is 40.1 Å². The lowest BCUT2D eigenvalue weighted by atomic mass is 10.1. The standard InChI is InChI=1S/C21H30N6O2/c1-14(26-21(2,3)4)12-17(23)20(28)25-15-6-7-19(29-11-9-22)16(13-15)18-8-10-24-27(18)5/h6-8,10,12-13,23,26H,9,11,22H2,1-5H3,(H,25,28)/b14-12-,23-17?. The molecule has 0 aliphatic carbocycles. The zero-order valence-electron chi connectivity index (χ0n) is 17.7. The largest absolute Gasteiger partial charge is 0.492 e. The van der Waals surface area contributed by atoms with Crippen LogP contribution in [0.25, 0.3) is 11.3 Å². The van der Waals surface area contributed by atoms with E-state index < -0.39 is 5.91 Å². The normalized spacial score (nSPS) is 11.9. The monoisotopic (exact) mass is 398 g/mol. The molecule has 1 heterocycles. The number of aryl methyl sites for hydroxylation is 1.